The molecule has 2 aromatic rings. The Bertz CT molecular complexity index is 1210. The van der Waals surface area contributed by atoms with Gasteiger partial charge in [0.2, 0.25) is 11.5 Å². The minimum Gasteiger partial charge on any atom is -0.543 e. The molecule has 2 aliphatic rings. The average Bonchev–Trinajstić information content (AvgIpc) is 3.23. The SMILES string of the molecule is CCON=C(C(=O)NC1C(=O)N2C(C(=O)[O-])=C(C[n+]3cncc(C)c3)CS[C@H]12)c1nsc(N)n1. The van der Waals surface area contributed by atoms with E-state index in [9.17, 15) is 19.5 Å². The number of anilines is 1. The molecule has 34 heavy (non-hydrogen) atoms. The fraction of sp³-hybridized carbons (Fsp3) is 0.368. The topological polar surface area (TPSA) is 180 Å². The van der Waals surface area contributed by atoms with E-state index >= 15 is 0 Å². The van der Waals surface area contributed by atoms with Gasteiger partial charge in [-0.05, 0) is 13.8 Å². The molecule has 1 saturated heterocycles. The standard InChI is InChI=1S/C19H20N8O5S2/c1-3-32-24-11(14-23-19(20)34-25-14)15(28)22-12-16(29)27-13(18(30)31)10(7-33-17(12)27)6-26-5-9(2)4-21-8-26/h4-5,8,12,17H,3,6-7H2,1-2H3,(H3-,20,22,23,25,28,30,31)/t12?,17-/m1/s1. The number of carboxylic acid groups (broad SMARTS) is 1. The van der Waals surface area contributed by atoms with E-state index in [0.29, 0.717) is 11.3 Å². The van der Waals surface area contributed by atoms with E-state index in [0.717, 1.165) is 22.0 Å². The molecule has 4 heterocycles. The van der Waals surface area contributed by atoms with Crippen LogP contribution in [0.1, 0.15) is 18.3 Å². The maximum Gasteiger partial charge on any atom is 0.286 e. The number of oxime groups is 1. The molecule has 0 aromatic carbocycles. The lowest BCUT2D eigenvalue weighted by atomic mass is 10.0. The molecule has 0 aliphatic carbocycles. The smallest absolute Gasteiger partial charge is 0.286 e. The number of amides is 2. The molecule has 0 radical (unpaired) electrons. The van der Waals surface area contributed by atoms with Crippen molar-refractivity contribution in [3.63, 3.8) is 0 Å². The van der Waals surface area contributed by atoms with Gasteiger partial charge < -0.3 is 25.8 Å². The van der Waals surface area contributed by atoms with E-state index < -0.39 is 29.2 Å². The normalized spacial score (nSPS) is 20.0. The number of nitrogens with zero attached hydrogens (tertiary/aromatic N) is 6. The number of carbonyl (C=O) groups excluding carboxylic acids is 3. The Hall–Kier alpha value is -3.59. The summed E-state index contributed by atoms with van der Waals surface area (Å²) in [6.45, 7) is 3.99. The predicted octanol–water partition coefficient (Wildman–Crippen LogP) is -2.04. The maximum atomic E-state index is 12.9. The number of nitrogen functional groups attached to an aromatic ring is 1. The molecule has 2 aromatic heterocycles. The molecule has 2 aliphatic heterocycles. The van der Waals surface area contributed by atoms with Crippen LogP contribution in [0.25, 0.3) is 0 Å². The summed E-state index contributed by atoms with van der Waals surface area (Å²) in [7, 11) is 0. The van der Waals surface area contributed by atoms with Crippen LogP contribution in [0.2, 0.25) is 0 Å². The molecule has 0 spiro atoms. The second kappa shape index (κ2) is 9.72. The number of aromatic nitrogens is 4. The number of carbonyl (C=O) groups is 3. The number of nitrogens with two attached hydrogens (primary N) is 1. The lowest BCUT2D eigenvalue weighted by molar-refractivity contribution is -0.692. The Morgan fingerprint density at radius 3 is 2.91 bits per heavy atom. The van der Waals surface area contributed by atoms with Crippen LogP contribution in [0.5, 0.6) is 0 Å². The second-order valence-electron chi connectivity index (χ2n) is 7.35. The quantitative estimate of drug-likeness (QED) is 0.176. The lowest BCUT2D eigenvalue weighted by Crippen LogP contribution is -2.71. The first-order chi connectivity index (χ1) is 16.3. The number of nitrogens with one attached hydrogen (secondary N) is 1. The minimum absolute atomic E-state index is 0.0326. The molecule has 3 N–H and O–H groups in total. The predicted molar refractivity (Wildman–Crippen MR) is 119 cm³/mol. The van der Waals surface area contributed by atoms with Gasteiger partial charge in [-0.25, -0.2) is 4.57 Å². The number of thioether (sulfide) groups is 1. The number of aliphatic carboxylic acids is 1. The number of aryl methyl sites for hydroxylation is 1. The molecule has 1 fully saturated rings. The van der Waals surface area contributed by atoms with Crippen LogP contribution in [-0.2, 0) is 25.8 Å². The molecule has 15 heteroatoms. The largest absolute Gasteiger partial charge is 0.543 e. The third kappa shape index (κ3) is 4.56. The number of fused-ring (bicyclic) bond motifs is 1. The zero-order chi connectivity index (χ0) is 24.4. The molecule has 2 atom stereocenters. The van der Waals surface area contributed by atoms with Crippen LogP contribution >= 0.6 is 23.3 Å². The van der Waals surface area contributed by atoms with E-state index in [4.69, 9.17) is 10.6 Å². The van der Waals surface area contributed by atoms with Gasteiger partial charge in [0.1, 0.15) is 30.8 Å². The van der Waals surface area contributed by atoms with Gasteiger partial charge in [0, 0.05) is 28.4 Å². The minimum atomic E-state index is -1.46. The fourth-order valence-electron chi connectivity index (χ4n) is 3.52. The molecule has 4 rings (SSSR count). The molecule has 178 valence electrons. The molecule has 0 saturated carbocycles. The number of hydrogen-bond acceptors (Lipinski definition) is 12. The molecule has 0 bridgehead atoms. The van der Waals surface area contributed by atoms with E-state index in [-0.39, 0.29) is 35.5 Å². The first-order valence-electron chi connectivity index (χ1n) is 10.1. The van der Waals surface area contributed by atoms with Crippen molar-refractivity contribution in [3.05, 3.63) is 41.4 Å². The summed E-state index contributed by atoms with van der Waals surface area (Å²) in [5.74, 6) is -2.47. The summed E-state index contributed by atoms with van der Waals surface area (Å²) >= 11 is 2.22. The molecular weight excluding hydrogens is 484 g/mol. The van der Waals surface area contributed by atoms with Gasteiger partial charge in [0.05, 0.1) is 17.9 Å². The van der Waals surface area contributed by atoms with E-state index in [1.807, 2.05) is 13.1 Å². The van der Waals surface area contributed by atoms with Crippen molar-refractivity contribution in [1.29, 1.82) is 0 Å². The Morgan fingerprint density at radius 1 is 1.47 bits per heavy atom. The van der Waals surface area contributed by atoms with Gasteiger partial charge in [-0.3, -0.25) is 14.5 Å². The van der Waals surface area contributed by atoms with Gasteiger partial charge in [-0.1, -0.05) is 10.1 Å². The second-order valence-corrected chi connectivity index (χ2v) is 9.24. The third-order valence-corrected chi connectivity index (χ3v) is 6.80. The van der Waals surface area contributed by atoms with Crippen LogP contribution in [-0.4, -0.2) is 66.5 Å². The van der Waals surface area contributed by atoms with Crippen molar-refractivity contribution in [2.75, 3.05) is 18.1 Å². The maximum absolute atomic E-state index is 12.9. The highest BCUT2D eigenvalue weighted by Crippen LogP contribution is 2.40. The number of carboxylic acids is 1. The summed E-state index contributed by atoms with van der Waals surface area (Å²) in [6, 6.07) is -0.968. The van der Waals surface area contributed by atoms with Gasteiger partial charge >= 0.3 is 0 Å². The van der Waals surface area contributed by atoms with Crippen molar-refractivity contribution in [2.24, 2.45) is 5.16 Å². The Morgan fingerprint density at radius 2 is 2.26 bits per heavy atom. The first-order valence-corrected chi connectivity index (χ1v) is 11.9. The summed E-state index contributed by atoms with van der Waals surface area (Å²) in [4.78, 5) is 51.9. The Kier molecular flexibility index (Phi) is 6.74. The molecule has 2 amide bonds. The van der Waals surface area contributed by atoms with Crippen LogP contribution in [0.15, 0.2) is 35.1 Å². The Labute approximate surface area is 201 Å². The fourth-order valence-corrected chi connectivity index (χ4v) is 5.29. The van der Waals surface area contributed by atoms with Gasteiger partial charge in [-0.2, -0.15) is 9.36 Å². The highest BCUT2D eigenvalue weighted by molar-refractivity contribution is 8.00. The van der Waals surface area contributed by atoms with Gasteiger partial charge in [0.15, 0.2) is 5.13 Å². The summed E-state index contributed by atoms with van der Waals surface area (Å²) < 4.78 is 5.70. The highest BCUT2D eigenvalue weighted by atomic mass is 32.2. The van der Waals surface area contributed by atoms with Crippen molar-refractivity contribution < 1.29 is 28.9 Å². The molecule has 1 unspecified atom stereocenters. The average molecular weight is 505 g/mol. The lowest BCUT2D eigenvalue weighted by Gasteiger charge is -2.50. The number of hydrogen-bond donors (Lipinski definition) is 2. The zero-order valence-corrected chi connectivity index (χ0v) is 19.8. The molecular formula is C19H20N8O5S2. The van der Waals surface area contributed by atoms with E-state index in [1.165, 1.54) is 11.8 Å². The van der Waals surface area contributed by atoms with Crippen LogP contribution in [0.4, 0.5) is 5.13 Å². The van der Waals surface area contributed by atoms with Gasteiger partial charge in [-0.15, -0.1) is 11.8 Å². The van der Waals surface area contributed by atoms with Crippen LogP contribution in [0.3, 0.4) is 0 Å². The summed E-state index contributed by atoms with van der Waals surface area (Å²) in [6.07, 6.45) is 5.08. The summed E-state index contributed by atoms with van der Waals surface area (Å²) in [5.41, 5.74) is 6.59. The van der Waals surface area contributed by atoms with Crippen LogP contribution < -0.4 is 20.7 Å². The monoisotopic (exact) mass is 504 g/mol. The van der Waals surface area contributed by atoms with Gasteiger partial charge in [0.25, 0.3) is 18.1 Å². The zero-order valence-electron chi connectivity index (χ0n) is 18.1. The van der Waals surface area contributed by atoms with Crippen LogP contribution in [0, 0.1) is 6.92 Å². The van der Waals surface area contributed by atoms with Crippen molar-refractivity contribution >= 4 is 51.9 Å². The molecule has 13 nitrogen and oxygen atoms in total. The number of β-lactam (4-membered cyclic amide) rings is 1. The van der Waals surface area contributed by atoms with Crippen molar-refractivity contribution in [3.8, 4) is 0 Å². The first kappa shape index (κ1) is 23.6. The third-order valence-electron chi connectivity index (χ3n) is 4.92. The Balaban J connectivity index is 1.53. The van der Waals surface area contributed by atoms with Crippen molar-refractivity contribution in [2.45, 2.75) is 31.8 Å². The van der Waals surface area contributed by atoms with E-state index in [1.54, 1.807) is 24.0 Å². The highest BCUT2D eigenvalue weighted by Gasteiger charge is 2.53. The van der Waals surface area contributed by atoms with Crippen molar-refractivity contribution in [1.82, 2.24) is 24.6 Å². The summed E-state index contributed by atoms with van der Waals surface area (Å²) in [5, 5.41) is 17.8. The van der Waals surface area contributed by atoms with E-state index in [2.05, 4.69) is 24.8 Å². The number of rotatable bonds is 8.